The predicted molar refractivity (Wildman–Crippen MR) is 83.8 cm³/mol. The van der Waals surface area contributed by atoms with Gasteiger partial charge in [-0.05, 0) is 23.1 Å². The van der Waals surface area contributed by atoms with E-state index in [0.717, 1.165) is 5.56 Å². The fourth-order valence-electron chi connectivity index (χ4n) is 1.91. The minimum Gasteiger partial charge on any atom is -0.360 e. The van der Waals surface area contributed by atoms with Crippen LogP contribution < -0.4 is 5.32 Å². The highest BCUT2D eigenvalue weighted by molar-refractivity contribution is 6.29. The first kappa shape index (κ1) is 15.3. The summed E-state index contributed by atoms with van der Waals surface area (Å²) in [6, 6.07) is 10.9. The number of benzene rings is 1. The van der Waals surface area contributed by atoms with Gasteiger partial charge in [0.2, 0.25) is 5.82 Å². The summed E-state index contributed by atoms with van der Waals surface area (Å²) in [6.07, 6.45) is 0. The summed E-state index contributed by atoms with van der Waals surface area (Å²) in [5, 5.41) is 14.1. The van der Waals surface area contributed by atoms with Crippen LogP contribution in [0.15, 0.2) is 36.4 Å². The minimum atomic E-state index is -0.479. The van der Waals surface area contributed by atoms with Crippen molar-refractivity contribution in [2.45, 2.75) is 26.3 Å². The van der Waals surface area contributed by atoms with Crippen molar-refractivity contribution in [1.29, 1.82) is 0 Å². The molecule has 2 rings (SSSR count). The zero-order valence-electron chi connectivity index (χ0n) is 11.8. The van der Waals surface area contributed by atoms with Crippen LogP contribution in [0.4, 0.5) is 11.5 Å². The van der Waals surface area contributed by atoms with E-state index in [1.54, 1.807) is 0 Å². The van der Waals surface area contributed by atoms with Crippen molar-refractivity contribution in [3.8, 4) is 0 Å². The first-order valence-electron chi connectivity index (χ1n) is 6.61. The predicted octanol–water partition coefficient (Wildman–Crippen LogP) is 4.38. The quantitative estimate of drug-likeness (QED) is 0.505. The van der Waals surface area contributed by atoms with Gasteiger partial charge in [0.15, 0.2) is 0 Å². The van der Waals surface area contributed by atoms with Crippen LogP contribution in [0.1, 0.15) is 30.9 Å². The summed E-state index contributed by atoms with van der Waals surface area (Å²) in [4.78, 5) is 14.4. The van der Waals surface area contributed by atoms with Crippen LogP contribution in [0.3, 0.4) is 0 Å². The molecule has 0 spiro atoms. The Morgan fingerprint density at radius 3 is 2.48 bits per heavy atom. The van der Waals surface area contributed by atoms with Crippen molar-refractivity contribution >= 4 is 23.1 Å². The Morgan fingerprint density at radius 1 is 1.24 bits per heavy atom. The van der Waals surface area contributed by atoms with Gasteiger partial charge >= 0.3 is 5.69 Å². The monoisotopic (exact) mass is 305 g/mol. The maximum Gasteiger partial charge on any atom is 0.311 e. The molecule has 0 amide bonds. The van der Waals surface area contributed by atoms with Gasteiger partial charge in [0.25, 0.3) is 0 Å². The second-order valence-corrected chi connectivity index (χ2v) is 5.40. The Kier molecular flexibility index (Phi) is 4.75. The Morgan fingerprint density at radius 2 is 1.90 bits per heavy atom. The lowest BCUT2D eigenvalue weighted by Crippen LogP contribution is -2.05. The van der Waals surface area contributed by atoms with Gasteiger partial charge in [-0.2, -0.15) is 0 Å². The molecule has 6 heteroatoms. The standard InChI is InChI=1S/C15H16ClN3O2/c1-10(2)12-5-3-11(4-6-12)9-17-15-13(19(20)21)7-8-14(16)18-15/h3-8,10H,9H2,1-2H3,(H,17,18). The van der Waals surface area contributed by atoms with Crippen molar-refractivity contribution in [2.75, 3.05) is 5.32 Å². The largest absolute Gasteiger partial charge is 0.360 e. The van der Waals surface area contributed by atoms with Crippen molar-refractivity contribution in [1.82, 2.24) is 4.98 Å². The average Bonchev–Trinajstić information content (AvgIpc) is 2.45. The fraction of sp³-hybridized carbons (Fsp3) is 0.267. The highest BCUT2D eigenvalue weighted by Crippen LogP contribution is 2.24. The lowest BCUT2D eigenvalue weighted by molar-refractivity contribution is -0.384. The van der Waals surface area contributed by atoms with Crippen LogP contribution in [0.2, 0.25) is 5.15 Å². The van der Waals surface area contributed by atoms with Gasteiger partial charge in [-0.25, -0.2) is 4.98 Å². The number of nitro groups is 1. The summed E-state index contributed by atoms with van der Waals surface area (Å²) in [5.41, 5.74) is 2.19. The number of aromatic nitrogens is 1. The fourth-order valence-corrected chi connectivity index (χ4v) is 2.06. The van der Waals surface area contributed by atoms with E-state index < -0.39 is 4.92 Å². The molecule has 1 aromatic carbocycles. The SMILES string of the molecule is CC(C)c1ccc(CNc2nc(Cl)ccc2[N+](=O)[O-])cc1. The van der Waals surface area contributed by atoms with Crippen LogP contribution in [0.5, 0.6) is 0 Å². The van der Waals surface area contributed by atoms with E-state index >= 15 is 0 Å². The van der Waals surface area contributed by atoms with E-state index in [-0.39, 0.29) is 16.7 Å². The van der Waals surface area contributed by atoms with Crippen LogP contribution >= 0.6 is 11.6 Å². The van der Waals surface area contributed by atoms with Gasteiger partial charge in [-0.3, -0.25) is 10.1 Å². The number of halogens is 1. The molecule has 21 heavy (non-hydrogen) atoms. The van der Waals surface area contributed by atoms with Crippen molar-refractivity contribution in [3.63, 3.8) is 0 Å². The summed E-state index contributed by atoms with van der Waals surface area (Å²) < 4.78 is 0. The van der Waals surface area contributed by atoms with Crippen LogP contribution in [0.25, 0.3) is 0 Å². The second kappa shape index (κ2) is 6.54. The summed E-state index contributed by atoms with van der Waals surface area (Å²) >= 11 is 5.79. The van der Waals surface area contributed by atoms with E-state index in [1.165, 1.54) is 17.7 Å². The Hall–Kier alpha value is -2.14. The van der Waals surface area contributed by atoms with Crippen molar-refractivity contribution < 1.29 is 4.92 Å². The number of rotatable bonds is 5. The number of anilines is 1. The topological polar surface area (TPSA) is 68.1 Å². The van der Waals surface area contributed by atoms with Crippen LogP contribution in [-0.2, 0) is 6.54 Å². The first-order chi connectivity index (χ1) is 9.97. The molecule has 0 bridgehead atoms. The Labute approximate surface area is 128 Å². The molecule has 0 radical (unpaired) electrons. The maximum atomic E-state index is 10.9. The van der Waals surface area contributed by atoms with E-state index in [1.807, 2.05) is 12.1 Å². The van der Waals surface area contributed by atoms with Crippen molar-refractivity contribution in [2.24, 2.45) is 0 Å². The van der Waals surface area contributed by atoms with Gasteiger partial charge in [0.05, 0.1) is 4.92 Å². The van der Waals surface area contributed by atoms with E-state index in [0.29, 0.717) is 12.5 Å². The summed E-state index contributed by atoms with van der Waals surface area (Å²) in [6.45, 7) is 4.71. The highest BCUT2D eigenvalue weighted by atomic mass is 35.5. The van der Waals surface area contributed by atoms with E-state index in [4.69, 9.17) is 11.6 Å². The van der Waals surface area contributed by atoms with E-state index in [9.17, 15) is 10.1 Å². The Balaban J connectivity index is 2.12. The van der Waals surface area contributed by atoms with Gasteiger partial charge < -0.3 is 5.32 Å². The summed E-state index contributed by atoms with van der Waals surface area (Å²) in [7, 11) is 0. The van der Waals surface area contributed by atoms with Gasteiger partial charge in [-0.1, -0.05) is 49.7 Å². The molecule has 1 heterocycles. The lowest BCUT2D eigenvalue weighted by atomic mass is 10.0. The molecule has 0 unspecified atom stereocenters. The van der Waals surface area contributed by atoms with E-state index in [2.05, 4.69) is 36.3 Å². The molecule has 1 N–H and O–H groups in total. The third-order valence-corrected chi connectivity index (χ3v) is 3.35. The van der Waals surface area contributed by atoms with Crippen LogP contribution in [-0.4, -0.2) is 9.91 Å². The zero-order chi connectivity index (χ0) is 15.4. The molecule has 2 aromatic rings. The van der Waals surface area contributed by atoms with Crippen molar-refractivity contribution in [3.05, 3.63) is 62.8 Å². The molecule has 0 fully saturated rings. The van der Waals surface area contributed by atoms with Gasteiger partial charge in [0.1, 0.15) is 5.15 Å². The maximum absolute atomic E-state index is 10.9. The highest BCUT2D eigenvalue weighted by Gasteiger charge is 2.15. The Bertz CT molecular complexity index is 642. The number of nitrogens with zero attached hydrogens (tertiary/aromatic N) is 2. The number of pyridine rings is 1. The van der Waals surface area contributed by atoms with Gasteiger partial charge in [0, 0.05) is 12.6 Å². The molecule has 110 valence electrons. The average molecular weight is 306 g/mol. The molecular formula is C15H16ClN3O2. The zero-order valence-corrected chi connectivity index (χ0v) is 12.6. The molecule has 5 nitrogen and oxygen atoms in total. The third kappa shape index (κ3) is 3.92. The molecule has 0 atom stereocenters. The molecular weight excluding hydrogens is 290 g/mol. The molecule has 0 saturated carbocycles. The first-order valence-corrected chi connectivity index (χ1v) is 6.99. The molecule has 0 saturated heterocycles. The minimum absolute atomic E-state index is 0.0850. The number of hydrogen-bond donors (Lipinski definition) is 1. The number of hydrogen-bond acceptors (Lipinski definition) is 4. The second-order valence-electron chi connectivity index (χ2n) is 5.01. The smallest absolute Gasteiger partial charge is 0.311 e. The molecule has 0 aliphatic heterocycles. The number of nitrogens with one attached hydrogen (secondary N) is 1. The third-order valence-electron chi connectivity index (χ3n) is 3.14. The molecule has 0 aliphatic rings. The lowest BCUT2D eigenvalue weighted by Gasteiger charge is -2.09. The molecule has 1 aromatic heterocycles. The summed E-state index contributed by atoms with van der Waals surface area (Å²) in [5.74, 6) is 0.656. The molecule has 0 aliphatic carbocycles. The van der Waals surface area contributed by atoms with Gasteiger partial charge in [-0.15, -0.1) is 0 Å². The van der Waals surface area contributed by atoms with Crippen LogP contribution in [0, 0.1) is 10.1 Å². The normalized spacial score (nSPS) is 10.7.